The van der Waals surface area contributed by atoms with Crippen molar-refractivity contribution in [2.24, 2.45) is 0 Å². The van der Waals surface area contributed by atoms with Crippen molar-refractivity contribution in [3.8, 4) is 0 Å². The fourth-order valence-corrected chi connectivity index (χ4v) is 4.28. The molecule has 0 aliphatic carbocycles. The lowest BCUT2D eigenvalue weighted by molar-refractivity contribution is 0.0377. The molecular formula is C24H31N5O2. The minimum atomic E-state index is -0.290. The van der Waals surface area contributed by atoms with Crippen LogP contribution < -0.4 is 9.80 Å². The molecule has 1 unspecified atom stereocenters. The number of pyridine rings is 2. The van der Waals surface area contributed by atoms with E-state index in [1.54, 1.807) is 6.20 Å². The maximum atomic E-state index is 12.7. The molecule has 31 heavy (non-hydrogen) atoms. The zero-order valence-corrected chi connectivity index (χ0v) is 18.6. The van der Waals surface area contributed by atoms with E-state index in [0.29, 0.717) is 11.6 Å². The Balaban J connectivity index is 1.40. The van der Waals surface area contributed by atoms with E-state index >= 15 is 0 Å². The van der Waals surface area contributed by atoms with Crippen molar-refractivity contribution < 1.29 is 9.53 Å². The molecule has 2 aliphatic heterocycles. The van der Waals surface area contributed by atoms with Crippen molar-refractivity contribution in [3.63, 3.8) is 0 Å². The van der Waals surface area contributed by atoms with E-state index < -0.39 is 0 Å². The standard InChI is InChI=1S/C24H31N5O2/c1-18(2)31-24(30)22-19(3)8-10-26-23(22)28-14-12-27(13-15-28)17-21-7-5-11-29(21)20-6-4-9-25-16-20/h4-6,8-11,16,18,21H,7,12-15,17H2,1-3H3. The number of carbonyl (C=O) groups excluding carboxylic acids is 1. The van der Waals surface area contributed by atoms with Crippen molar-refractivity contribution in [1.29, 1.82) is 0 Å². The lowest BCUT2D eigenvalue weighted by Crippen LogP contribution is -2.50. The predicted octanol–water partition coefficient (Wildman–Crippen LogP) is 3.26. The van der Waals surface area contributed by atoms with Crippen LogP contribution in [0, 0.1) is 6.92 Å². The maximum Gasteiger partial charge on any atom is 0.342 e. The number of carbonyl (C=O) groups is 1. The number of aromatic nitrogens is 2. The van der Waals surface area contributed by atoms with Gasteiger partial charge in [0.25, 0.3) is 0 Å². The second-order valence-corrected chi connectivity index (χ2v) is 8.46. The van der Waals surface area contributed by atoms with Crippen molar-refractivity contribution >= 4 is 17.5 Å². The molecule has 0 spiro atoms. The molecule has 1 atom stereocenters. The van der Waals surface area contributed by atoms with Crippen LogP contribution in [0.4, 0.5) is 11.5 Å². The third-order valence-electron chi connectivity index (χ3n) is 5.84. The first kappa shape index (κ1) is 21.3. The van der Waals surface area contributed by atoms with Crippen LogP contribution in [0.15, 0.2) is 49.1 Å². The highest BCUT2D eigenvalue weighted by Gasteiger charge is 2.28. The Kier molecular flexibility index (Phi) is 6.51. The Bertz CT molecular complexity index is 923. The van der Waals surface area contributed by atoms with Gasteiger partial charge < -0.3 is 14.5 Å². The summed E-state index contributed by atoms with van der Waals surface area (Å²) in [7, 11) is 0. The Morgan fingerprint density at radius 2 is 2.00 bits per heavy atom. The normalized spacial score (nSPS) is 19.3. The summed E-state index contributed by atoms with van der Waals surface area (Å²) in [6.45, 7) is 10.2. The number of piperazine rings is 1. The topological polar surface area (TPSA) is 61.8 Å². The molecule has 0 saturated carbocycles. The third-order valence-corrected chi connectivity index (χ3v) is 5.84. The maximum absolute atomic E-state index is 12.7. The molecule has 4 heterocycles. The lowest BCUT2D eigenvalue weighted by Gasteiger charge is -2.38. The molecule has 0 aromatic carbocycles. The molecule has 2 aromatic rings. The Hall–Kier alpha value is -2.93. The van der Waals surface area contributed by atoms with Gasteiger partial charge in [-0.05, 0) is 51.0 Å². The van der Waals surface area contributed by atoms with E-state index in [2.05, 4.69) is 43.0 Å². The highest BCUT2D eigenvalue weighted by atomic mass is 16.5. The number of anilines is 2. The molecule has 7 nitrogen and oxygen atoms in total. The molecule has 7 heteroatoms. The van der Waals surface area contributed by atoms with Crippen LogP contribution in [0.5, 0.6) is 0 Å². The third kappa shape index (κ3) is 4.88. The molecule has 0 bridgehead atoms. The van der Waals surface area contributed by atoms with Crippen molar-refractivity contribution in [2.45, 2.75) is 39.3 Å². The zero-order valence-electron chi connectivity index (χ0n) is 18.6. The van der Waals surface area contributed by atoms with E-state index in [1.165, 1.54) is 0 Å². The number of esters is 1. The number of nitrogens with zero attached hydrogens (tertiary/aromatic N) is 5. The Labute approximate surface area is 184 Å². The minimum Gasteiger partial charge on any atom is -0.459 e. The summed E-state index contributed by atoms with van der Waals surface area (Å²) in [5.41, 5.74) is 2.63. The highest BCUT2D eigenvalue weighted by molar-refractivity contribution is 5.96. The van der Waals surface area contributed by atoms with Gasteiger partial charge in [0, 0.05) is 57.4 Å². The summed E-state index contributed by atoms with van der Waals surface area (Å²) in [5, 5.41) is 0. The molecule has 164 valence electrons. The second-order valence-electron chi connectivity index (χ2n) is 8.46. The van der Waals surface area contributed by atoms with Gasteiger partial charge in [-0.25, -0.2) is 9.78 Å². The molecule has 0 amide bonds. The molecule has 2 aliphatic rings. The predicted molar refractivity (Wildman–Crippen MR) is 122 cm³/mol. The van der Waals surface area contributed by atoms with Gasteiger partial charge in [0.15, 0.2) is 0 Å². The molecule has 1 saturated heterocycles. The highest BCUT2D eigenvalue weighted by Crippen LogP contribution is 2.26. The van der Waals surface area contributed by atoms with E-state index in [-0.39, 0.29) is 12.1 Å². The molecular weight excluding hydrogens is 390 g/mol. The SMILES string of the molecule is Cc1ccnc(N2CCN(CC3CC=CN3c3cccnc3)CC2)c1C(=O)OC(C)C. The van der Waals surface area contributed by atoms with Gasteiger partial charge in [-0.2, -0.15) is 0 Å². The Morgan fingerprint density at radius 1 is 1.19 bits per heavy atom. The van der Waals surface area contributed by atoms with Gasteiger partial charge >= 0.3 is 5.97 Å². The van der Waals surface area contributed by atoms with Crippen molar-refractivity contribution in [3.05, 3.63) is 60.2 Å². The van der Waals surface area contributed by atoms with Crippen molar-refractivity contribution in [1.82, 2.24) is 14.9 Å². The fraction of sp³-hybridized carbons (Fsp3) is 0.458. The van der Waals surface area contributed by atoms with Crippen LogP contribution in [0.2, 0.25) is 0 Å². The molecule has 0 N–H and O–H groups in total. The smallest absolute Gasteiger partial charge is 0.342 e. The summed E-state index contributed by atoms with van der Waals surface area (Å²) in [5.74, 6) is 0.451. The zero-order chi connectivity index (χ0) is 21.8. The van der Waals surface area contributed by atoms with Crippen LogP contribution in [0.3, 0.4) is 0 Å². The molecule has 0 radical (unpaired) electrons. The number of aryl methyl sites for hydroxylation is 1. The van der Waals surface area contributed by atoms with Crippen molar-refractivity contribution in [2.75, 3.05) is 42.5 Å². The summed E-state index contributed by atoms with van der Waals surface area (Å²) < 4.78 is 5.48. The number of rotatable bonds is 6. The number of ether oxygens (including phenoxy) is 1. The van der Waals surface area contributed by atoms with Gasteiger partial charge in [-0.1, -0.05) is 6.08 Å². The summed E-state index contributed by atoms with van der Waals surface area (Å²) in [6.07, 6.45) is 10.8. The monoisotopic (exact) mass is 421 g/mol. The molecule has 4 rings (SSSR count). The summed E-state index contributed by atoms with van der Waals surface area (Å²) >= 11 is 0. The van der Waals surface area contributed by atoms with E-state index in [1.807, 2.05) is 45.3 Å². The lowest BCUT2D eigenvalue weighted by atomic mass is 10.1. The largest absolute Gasteiger partial charge is 0.459 e. The minimum absolute atomic E-state index is 0.153. The van der Waals surface area contributed by atoms with Gasteiger partial charge in [-0.15, -0.1) is 0 Å². The van der Waals surface area contributed by atoms with Gasteiger partial charge in [-0.3, -0.25) is 9.88 Å². The first-order chi connectivity index (χ1) is 15.0. The first-order valence-corrected chi connectivity index (χ1v) is 11.0. The van der Waals surface area contributed by atoms with Crippen LogP contribution in [0.1, 0.15) is 36.2 Å². The van der Waals surface area contributed by atoms with Crippen LogP contribution >= 0.6 is 0 Å². The average Bonchev–Trinajstić information content (AvgIpc) is 3.22. The second kappa shape index (κ2) is 9.47. The average molecular weight is 422 g/mol. The van der Waals surface area contributed by atoms with Crippen LogP contribution in [0.25, 0.3) is 0 Å². The van der Waals surface area contributed by atoms with Gasteiger partial charge in [0.2, 0.25) is 0 Å². The molecule has 2 aromatic heterocycles. The first-order valence-electron chi connectivity index (χ1n) is 11.0. The Morgan fingerprint density at radius 3 is 2.71 bits per heavy atom. The number of hydrogen-bond acceptors (Lipinski definition) is 7. The fourth-order valence-electron chi connectivity index (χ4n) is 4.28. The van der Waals surface area contributed by atoms with Crippen LogP contribution in [-0.4, -0.2) is 65.7 Å². The number of hydrogen-bond donors (Lipinski definition) is 0. The quantitative estimate of drug-likeness (QED) is 0.664. The van der Waals surface area contributed by atoms with E-state index in [9.17, 15) is 4.79 Å². The van der Waals surface area contributed by atoms with Gasteiger partial charge in [0.1, 0.15) is 11.4 Å². The van der Waals surface area contributed by atoms with E-state index in [0.717, 1.165) is 56.2 Å². The molecule has 1 fully saturated rings. The summed E-state index contributed by atoms with van der Waals surface area (Å²) in [4.78, 5) is 28.5. The van der Waals surface area contributed by atoms with E-state index in [4.69, 9.17) is 4.74 Å². The van der Waals surface area contributed by atoms with Crippen LogP contribution in [-0.2, 0) is 4.74 Å². The summed E-state index contributed by atoms with van der Waals surface area (Å²) in [6, 6.07) is 6.38. The van der Waals surface area contributed by atoms with Gasteiger partial charge in [0.05, 0.1) is 18.0 Å².